The average Bonchev–Trinajstić information content (AvgIpc) is 3.28. The molecule has 2 aliphatic rings. The topological polar surface area (TPSA) is 44.8 Å². The van der Waals surface area contributed by atoms with Crippen LogP contribution in [0.25, 0.3) is 11.1 Å². The van der Waals surface area contributed by atoms with Gasteiger partial charge in [-0.3, -0.25) is 0 Å². The zero-order valence-corrected chi connectivity index (χ0v) is 23.7. The molecule has 0 N–H and O–H groups in total. The lowest BCUT2D eigenvalue weighted by Crippen LogP contribution is -2.43. The predicted octanol–water partition coefficient (Wildman–Crippen LogP) is 8.12. The molecule has 1 spiro atoms. The first kappa shape index (κ1) is 26.8. The fourth-order valence-corrected chi connectivity index (χ4v) is 6.66. The Balaban J connectivity index is 1.46. The van der Waals surface area contributed by atoms with E-state index < -0.39 is 0 Å². The van der Waals surface area contributed by atoms with Gasteiger partial charge in [0.15, 0.2) is 0 Å². The van der Waals surface area contributed by atoms with Crippen LogP contribution in [0.2, 0.25) is 5.02 Å². The van der Waals surface area contributed by atoms with E-state index in [0.29, 0.717) is 11.6 Å². The Morgan fingerprint density at radius 3 is 2.45 bits per heavy atom. The molecule has 4 nitrogen and oxygen atoms in total. The molecule has 1 saturated carbocycles. The van der Waals surface area contributed by atoms with Crippen molar-refractivity contribution in [2.75, 3.05) is 14.2 Å². The lowest BCUT2D eigenvalue weighted by Gasteiger charge is -2.45. The third-order valence-corrected chi connectivity index (χ3v) is 8.85. The highest BCUT2D eigenvalue weighted by atomic mass is 35.5. The molecular formula is C33H37ClO4. The number of benzene rings is 3. The first-order chi connectivity index (χ1) is 18.2. The Morgan fingerprint density at radius 2 is 1.79 bits per heavy atom. The number of ether oxygens (including phenoxy) is 3. The van der Waals surface area contributed by atoms with Gasteiger partial charge in [0.25, 0.3) is 0 Å². The molecule has 2 aliphatic carbocycles. The van der Waals surface area contributed by atoms with Crippen LogP contribution in [0.4, 0.5) is 0 Å². The van der Waals surface area contributed by atoms with Crippen molar-refractivity contribution in [2.24, 2.45) is 11.3 Å². The van der Waals surface area contributed by atoms with Gasteiger partial charge in [0.1, 0.15) is 24.4 Å². The van der Waals surface area contributed by atoms with E-state index in [-0.39, 0.29) is 22.9 Å². The van der Waals surface area contributed by atoms with Crippen molar-refractivity contribution in [3.8, 4) is 22.6 Å². The summed E-state index contributed by atoms with van der Waals surface area (Å²) >= 11 is 6.67. The molecule has 200 valence electrons. The minimum atomic E-state index is -0.154. The third-order valence-electron chi connectivity index (χ3n) is 8.52. The van der Waals surface area contributed by atoms with Gasteiger partial charge in [-0.2, -0.15) is 0 Å². The van der Waals surface area contributed by atoms with E-state index in [1.165, 1.54) is 11.1 Å². The highest BCUT2D eigenvalue weighted by Crippen LogP contribution is 2.56. The maximum atomic E-state index is 11.7. The number of carbonyl (C=O) groups is 1. The lowest BCUT2D eigenvalue weighted by atomic mass is 9.58. The summed E-state index contributed by atoms with van der Waals surface area (Å²) in [4.78, 5) is 11.7. The highest BCUT2D eigenvalue weighted by molar-refractivity contribution is 6.33. The Bertz CT molecular complexity index is 1340. The van der Waals surface area contributed by atoms with E-state index in [2.05, 4.69) is 57.2 Å². The molecule has 0 radical (unpaired) electrons. The summed E-state index contributed by atoms with van der Waals surface area (Å²) in [6.45, 7) is 6.96. The summed E-state index contributed by atoms with van der Waals surface area (Å²) in [6.07, 6.45) is 5.20. The van der Waals surface area contributed by atoms with Crippen LogP contribution in [-0.2, 0) is 28.0 Å². The molecule has 5 rings (SSSR count). The second kappa shape index (κ2) is 10.4. The van der Waals surface area contributed by atoms with Gasteiger partial charge in [-0.25, -0.2) is 0 Å². The van der Waals surface area contributed by atoms with Gasteiger partial charge in [-0.05, 0) is 95.3 Å². The standard InChI is InChI=1S/C33H37ClO4/c1-32(2,3)31(37-5)28-16-21(6-10-26(28)27-17-24(36-4)9-11-30(27)34)20-38-25-8-7-22-12-14-33(29(22)18-25)15-13-23(33)19-35/h6-11,16-19,23,31H,12-15,20H2,1-5H3/t23-,31-,33-/m1/s1. The van der Waals surface area contributed by atoms with Crippen LogP contribution in [-0.4, -0.2) is 20.5 Å². The molecular weight excluding hydrogens is 496 g/mol. The van der Waals surface area contributed by atoms with E-state index >= 15 is 0 Å². The normalized spacial score (nSPS) is 21.1. The van der Waals surface area contributed by atoms with Gasteiger partial charge in [-0.15, -0.1) is 0 Å². The molecule has 0 aromatic heterocycles. The minimum Gasteiger partial charge on any atom is -0.497 e. The van der Waals surface area contributed by atoms with E-state index in [4.69, 9.17) is 25.8 Å². The van der Waals surface area contributed by atoms with Crippen molar-refractivity contribution in [3.05, 3.63) is 81.9 Å². The molecule has 0 amide bonds. The first-order valence-electron chi connectivity index (χ1n) is 13.4. The molecule has 5 heteroatoms. The number of rotatable bonds is 8. The molecule has 1 fully saturated rings. The van der Waals surface area contributed by atoms with E-state index in [9.17, 15) is 4.79 Å². The van der Waals surface area contributed by atoms with Gasteiger partial charge in [-0.1, -0.05) is 50.6 Å². The van der Waals surface area contributed by atoms with Gasteiger partial charge in [0.2, 0.25) is 0 Å². The Kier molecular flexibility index (Phi) is 7.32. The summed E-state index contributed by atoms with van der Waals surface area (Å²) in [5, 5.41) is 0.663. The fourth-order valence-electron chi connectivity index (χ4n) is 6.44. The van der Waals surface area contributed by atoms with Gasteiger partial charge >= 0.3 is 0 Å². The molecule has 3 atom stereocenters. The molecule has 3 aromatic rings. The number of fused-ring (bicyclic) bond motifs is 2. The number of carbonyl (C=O) groups excluding carboxylic acids is 1. The van der Waals surface area contributed by atoms with E-state index in [1.54, 1.807) is 14.2 Å². The second-order valence-corrected chi connectivity index (χ2v) is 12.2. The summed E-state index contributed by atoms with van der Waals surface area (Å²) < 4.78 is 17.9. The number of aryl methyl sites for hydroxylation is 1. The molecule has 38 heavy (non-hydrogen) atoms. The predicted molar refractivity (Wildman–Crippen MR) is 152 cm³/mol. The number of hydrogen-bond acceptors (Lipinski definition) is 4. The van der Waals surface area contributed by atoms with E-state index in [0.717, 1.165) is 65.7 Å². The largest absolute Gasteiger partial charge is 0.497 e. The molecule has 0 saturated heterocycles. The zero-order chi connectivity index (χ0) is 27.1. The summed E-state index contributed by atoms with van der Waals surface area (Å²) in [6, 6.07) is 18.5. The molecule has 0 bridgehead atoms. The molecule has 0 heterocycles. The van der Waals surface area contributed by atoms with Crippen LogP contribution < -0.4 is 9.47 Å². The smallest absolute Gasteiger partial charge is 0.123 e. The van der Waals surface area contributed by atoms with Crippen molar-refractivity contribution in [1.82, 2.24) is 0 Å². The Labute approximate surface area is 231 Å². The minimum absolute atomic E-state index is 0.0275. The quantitative estimate of drug-likeness (QED) is 0.275. The fraction of sp³-hybridized carbons (Fsp3) is 0.424. The van der Waals surface area contributed by atoms with E-state index in [1.807, 2.05) is 18.2 Å². The Morgan fingerprint density at radius 1 is 1.00 bits per heavy atom. The Hall–Kier alpha value is -2.82. The van der Waals surface area contributed by atoms with Crippen molar-refractivity contribution in [3.63, 3.8) is 0 Å². The van der Waals surface area contributed by atoms with Crippen molar-refractivity contribution in [1.29, 1.82) is 0 Å². The van der Waals surface area contributed by atoms with Crippen LogP contribution >= 0.6 is 11.6 Å². The number of methoxy groups -OCH3 is 2. The maximum absolute atomic E-state index is 11.7. The van der Waals surface area contributed by atoms with Crippen LogP contribution in [0.15, 0.2) is 54.6 Å². The summed E-state index contributed by atoms with van der Waals surface area (Å²) in [7, 11) is 3.41. The lowest BCUT2D eigenvalue weighted by molar-refractivity contribution is -0.116. The zero-order valence-electron chi connectivity index (χ0n) is 23.0. The van der Waals surface area contributed by atoms with Crippen molar-refractivity contribution < 1.29 is 19.0 Å². The number of halogens is 1. The third kappa shape index (κ3) is 4.74. The molecule has 0 aliphatic heterocycles. The SMILES string of the molecule is COc1ccc(Cl)c(-c2ccc(COc3ccc4c(c3)[C@]3(CC4)CC[C@@H]3C=O)cc2[C@@H](OC)C(C)(C)C)c1. The number of hydrogen-bond donors (Lipinski definition) is 0. The monoisotopic (exact) mass is 532 g/mol. The average molecular weight is 533 g/mol. The maximum Gasteiger partial charge on any atom is 0.123 e. The van der Waals surface area contributed by atoms with Crippen LogP contribution in [0.1, 0.15) is 68.4 Å². The first-order valence-corrected chi connectivity index (χ1v) is 13.8. The van der Waals surface area contributed by atoms with Crippen molar-refractivity contribution >= 4 is 17.9 Å². The number of aldehydes is 1. The van der Waals surface area contributed by atoms with Gasteiger partial charge in [0, 0.05) is 29.0 Å². The molecule has 3 aromatic carbocycles. The van der Waals surface area contributed by atoms with Crippen molar-refractivity contribution in [2.45, 2.75) is 64.6 Å². The van der Waals surface area contributed by atoms with Gasteiger partial charge < -0.3 is 19.0 Å². The summed E-state index contributed by atoms with van der Waals surface area (Å²) in [5.74, 6) is 1.74. The van der Waals surface area contributed by atoms with Crippen LogP contribution in [0.3, 0.4) is 0 Å². The second-order valence-electron chi connectivity index (χ2n) is 11.8. The van der Waals surface area contributed by atoms with Gasteiger partial charge in [0.05, 0.1) is 13.2 Å². The highest BCUT2D eigenvalue weighted by Gasteiger charge is 2.51. The summed E-state index contributed by atoms with van der Waals surface area (Å²) in [5.41, 5.74) is 6.61. The van der Waals surface area contributed by atoms with Crippen LogP contribution in [0.5, 0.6) is 11.5 Å². The van der Waals surface area contributed by atoms with Crippen LogP contribution in [0, 0.1) is 11.3 Å². The molecule has 0 unspecified atom stereocenters.